The van der Waals surface area contributed by atoms with Crippen molar-refractivity contribution in [2.45, 2.75) is 0 Å². The summed E-state index contributed by atoms with van der Waals surface area (Å²) in [7, 11) is 3.37. The fourth-order valence-electron chi connectivity index (χ4n) is 0.183. The molecule has 0 aromatic carbocycles. The van der Waals surface area contributed by atoms with Crippen molar-refractivity contribution in [3.05, 3.63) is 12.7 Å². The molecule has 0 aromatic heterocycles. The quantitative estimate of drug-likeness (QED) is 0.522. The van der Waals surface area contributed by atoms with Gasteiger partial charge in [-0.25, -0.2) is 0 Å². The van der Waals surface area contributed by atoms with Gasteiger partial charge in [0.05, 0.1) is 0 Å². The third kappa shape index (κ3) is 8.67. The summed E-state index contributed by atoms with van der Waals surface area (Å²) in [4.78, 5) is 11.8. The van der Waals surface area contributed by atoms with E-state index in [1.165, 1.54) is 11.0 Å². The van der Waals surface area contributed by atoms with E-state index in [1.54, 1.807) is 14.1 Å². The number of carbonyl (C=O) groups is 1. The molecule has 0 unspecified atom stereocenters. The van der Waals surface area contributed by atoms with Gasteiger partial charge < -0.3 is 4.90 Å². The van der Waals surface area contributed by atoms with Crippen LogP contribution in [-0.4, -0.2) is 24.9 Å². The van der Waals surface area contributed by atoms with E-state index >= 15 is 0 Å². The fourth-order valence-corrected chi connectivity index (χ4v) is 0.183. The minimum absolute atomic E-state index is 0.0556. The molecule has 0 saturated carbocycles. The number of amides is 1. The van der Waals surface area contributed by atoms with Gasteiger partial charge >= 0.3 is 0 Å². The van der Waals surface area contributed by atoms with Crippen LogP contribution in [0.15, 0.2) is 12.7 Å². The molecule has 54 valence electrons. The van der Waals surface area contributed by atoms with E-state index < -0.39 is 0 Å². The number of likely N-dealkylation sites (N-methyl/N-ethyl adjacent to an activating group) is 1. The lowest BCUT2D eigenvalue weighted by Gasteiger charge is -2.03. The number of halogens is 2. The SMILES string of the molecule is C=CC(=O)N(C)C.II. The van der Waals surface area contributed by atoms with Gasteiger partial charge in [0, 0.05) is 51.3 Å². The van der Waals surface area contributed by atoms with E-state index in [9.17, 15) is 4.79 Å². The molecule has 9 heavy (non-hydrogen) atoms. The Morgan fingerprint density at radius 1 is 1.56 bits per heavy atom. The average Bonchev–Trinajstić information content (AvgIpc) is 1.91. The molecule has 1 amide bonds. The molecule has 0 aromatic rings. The fraction of sp³-hybridized carbons (Fsp3) is 0.400. The number of rotatable bonds is 1. The molecule has 0 fully saturated rings. The highest BCUT2D eigenvalue weighted by Gasteiger charge is 1.91. The summed E-state index contributed by atoms with van der Waals surface area (Å²) < 4.78 is 0. The summed E-state index contributed by atoms with van der Waals surface area (Å²) in [6.45, 7) is 3.29. The Morgan fingerprint density at radius 3 is 1.89 bits per heavy atom. The minimum atomic E-state index is -0.0556. The maximum atomic E-state index is 10.3. The van der Waals surface area contributed by atoms with Gasteiger partial charge in [0.15, 0.2) is 0 Å². The smallest absolute Gasteiger partial charge is 0.245 e. The van der Waals surface area contributed by atoms with Crippen LogP contribution in [0, 0.1) is 0 Å². The van der Waals surface area contributed by atoms with Crippen molar-refractivity contribution >= 4 is 43.1 Å². The Kier molecular flexibility index (Phi) is 11.9. The van der Waals surface area contributed by atoms with Gasteiger partial charge in [0.2, 0.25) is 5.91 Å². The van der Waals surface area contributed by atoms with Crippen molar-refractivity contribution in [2.75, 3.05) is 14.1 Å². The molecule has 0 saturated heterocycles. The van der Waals surface area contributed by atoms with Gasteiger partial charge in [0.25, 0.3) is 0 Å². The zero-order valence-electron chi connectivity index (χ0n) is 5.40. The molecule has 0 bridgehead atoms. The zero-order chi connectivity index (χ0) is 7.86. The molecule has 0 atom stereocenters. The second-order valence-electron chi connectivity index (χ2n) is 1.44. The van der Waals surface area contributed by atoms with Crippen molar-refractivity contribution in [3.8, 4) is 0 Å². The lowest BCUT2D eigenvalue weighted by atomic mass is 10.5. The summed E-state index contributed by atoms with van der Waals surface area (Å²) >= 11 is 4.24. The zero-order valence-corrected chi connectivity index (χ0v) is 9.71. The topological polar surface area (TPSA) is 20.3 Å². The van der Waals surface area contributed by atoms with Crippen molar-refractivity contribution < 1.29 is 4.79 Å². The largest absolute Gasteiger partial charge is 0.345 e. The van der Waals surface area contributed by atoms with Crippen LogP contribution in [-0.2, 0) is 4.79 Å². The van der Waals surface area contributed by atoms with Gasteiger partial charge in [-0.15, -0.1) is 0 Å². The molecule has 0 radical (unpaired) electrons. The molecule has 0 aliphatic rings. The molecular weight excluding hydrogens is 344 g/mol. The lowest BCUT2D eigenvalue weighted by molar-refractivity contribution is -0.123. The summed E-state index contributed by atoms with van der Waals surface area (Å²) in [6, 6.07) is 0. The van der Waals surface area contributed by atoms with Crippen molar-refractivity contribution in [1.82, 2.24) is 4.90 Å². The van der Waals surface area contributed by atoms with E-state index in [0.29, 0.717) is 0 Å². The van der Waals surface area contributed by atoms with E-state index in [4.69, 9.17) is 0 Å². The molecule has 0 aliphatic carbocycles. The molecule has 2 nitrogen and oxygen atoms in total. The first-order valence-corrected chi connectivity index (χ1v) is 8.45. The number of hydrogen-bond donors (Lipinski definition) is 0. The van der Waals surface area contributed by atoms with Crippen molar-refractivity contribution in [1.29, 1.82) is 0 Å². The van der Waals surface area contributed by atoms with Gasteiger partial charge in [-0.2, -0.15) is 0 Å². The third-order valence-corrected chi connectivity index (χ3v) is 0.615. The van der Waals surface area contributed by atoms with Gasteiger partial charge in [-0.3, -0.25) is 4.79 Å². The lowest BCUT2D eigenvalue weighted by Crippen LogP contribution is -2.18. The third-order valence-electron chi connectivity index (χ3n) is 0.615. The summed E-state index contributed by atoms with van der Waals surface area (Å²) in [5.74, 6) is -0.0556. The van der Waals surface area contributed by atoms with Gasteiger partial charge in [0.1, 0.15) is 0 Å². The number of nitrogens with zero attached hydrogens (tertiary/aromatic N) is 1. The van der Waals surface area contributed by atoms with Crippen LogP contribution in [0.3, 0.4) is 0 Å². The monoisotopic (exact) mass is 353 g/mol. The maximum absolute atomic E-state index is 10.3. The average molecular weight is 353 g/mol. The predicted octanol–water partition coefficient (Wildman–Crippen LogP) is 2.03. The number of carbonyl (C=O) groups excluding carboxylic acids is 1. The first-order chi connectivity index (χ1) is 4.18. The molecular formula is C5H9I2NO. The van der Waals surface area contributed by atoms with Gasteiger partial charge in [-0.1, -0.05) is 6.58 Å². The van der Waals surface area contributed by atoms with Crippen LogP contribution >= 0.6 is 37.2 Å². The first-order valence-electron chi connectivity index (χ1n) is 2.16. The molecule has 4 heteroatoms. The van der Waals surface area contributed by atoms with Gasteiger partial charge in [-0.05, 0) is 6.08 Å². The standard InChI is InChI=1S/C5H9NO.I2/c1-4-5(7)6(2)3;1-2/h4H,1H2,2-3H3;. The highest BCUT2D eigenvalue weighted by molar-refractivity contribution is 15.0. The van der Waals surface area contributed by atoms with Crippen molar-refractivity contribution in [3.63, 3.8) is 0 Å². The van der Waals surface area contributed by atoms with Crippen LogP contribution in [0.1, 0.15) is 0 Å². The predicted molar refractivity (Wildman–Crippen MR) is 56.9 cm³/mol. The molecule has 0 N–H and O–H groups in total. The Morgan fingerprint density at radius 2 is 1.89 bits per heavy atom. The Labute approximate surface area is 79.0 Å². The first kappa shape index (κ1) is 12.4. The molecule has 0 spiro atoms. The summed E-state index contributed by atoms with van der Waals surface area (Å²) in [6.07, 6.45) is 1.28. The molecule has 0 heterocycles. The van der Waals surface area contributed by atoms with Crippen LogP contribution in [0.5, 0.6) is 0 Å². The maximum Gasteiger partial charge on any atom is 0.245 e. The Balaban J connectivity index is 0. The highest BCUT2D eigenvalue weighted by atomic mass is 128. The van der Waals surface area contributed by atoms with Crippen LogP contribution in [0.2, 0.25) is 0 Å². The summed E-state index contributed by atoms with van der Waals surface area (Å²) in [5, 5.41) is 0. The normalized spacial score (nSPS) is 6.67. The van der Waals surface area contributed by atoms with E-state index in [0.717, 1.165) is 0 Å². The van der Waals surface area contributed by atoms with Crippen LogP contribution < -0.4 is 0 Å². The molecule has 0 aliphatic heterocycles. The number of hydrogen-bond acceptors (Lipinski definition) is 1. The Hall–Kier alpha value is 0.670. The van der Waals surface area contributed by atoms with E-state index in [1.807, 2.05) is 0 Å². The summed E-state index contributed by atoms with van der Waals surface area (Å²) in [5.41, 5.74) is 0. The van der Waals surface area contributed by atoms with E-state index in [-0.39, 0.29) is 5.91 Å². The van der Waals surface area contributed by atoms with E-state index in [2.05, 4.69) is 43.8 Å². The highest BCUT2D eigenvalue weighted by Crippen LogP contribution is 1.89. The van der Waals surface area contributed by atoms with Crippen LogP contribution in [0.25, 0.3) is 0 Å². The molecule has 0 rings (SSSR count). The van der Waals surface area contributed by atoms with Crippen LogP contribution in [0.4, 0.5) is 0 Å². The second-order valence-corrected chi connectivity index (χ2v) is 1.44. The minimum Gasteiger partial charge on any atom is -0.345 e. The Bertz CT molecular complexity index is 93.0. The van der Waals surface area contributed by atoms with Crippen molar-refractivity contribution in [2.24, 2.45) is 0 Å². The second kappa shape index (κ2) is 8.67.